The van der Waals surface area contributed by atoms with Crippen molar-refractivity contribution in [3.8, 4) is 5.75 Å². The van der Waals surface area contributed by atoms with Crippen LogP contribution in [0.1, 0.15) is 38.7 Å². The van der Waals surface area contributed by atoms with Crippen molar-refractivity contribution in [2.24, 2.45) is 11.8 Å². The molecule has 3 rings (SSSR count). The van der Waals surface area contributed by atoms with Gasteiger partial charge in [0.05, 0.1) is 13.2 Å². The van der Waals surface area contributed by atoms with Crippen molar-refractivity contribution in [1.29, 1.82) is 0 Å². The molecule has 1 aromatic rings. The maximum absolute atomic E-state index is 13.2. The van der Waals surface area contributed by atoms with Crippen molar-refractivity contribution in [2.75, 3.05) is 19.8 Å². The van der Waals surface area contributed by atoms with Crippen LogP contribution in [0.15, 0.2) is 24.3 Å². The third-order valence-electron chi connectivity index (χ3n) is 5.54. The third kappa shape index (κ3) is 4.37. The molecule has 1 saturated carbocycles. The summed E-state index contributed by atoms with van der Waals surface area (Å²) >= 11 is 0. The number of hydrazine groups is 1. The van der Waals surface area contributed by atoms with Crippen LogP contribution in [0.2, 0.25) is 0 Å². The Morgan fingerprint density at radius 1 is 1.35 bits per heavy atom. The van der Waals surface area contributed by atoms with Crippen LogP contribution in [0.5, 0.6) is 5.75 Å². The van der Waals surface area contributed by atoms with E-state index in [4.69, 9.17) is 4.74 Å². The molecule has 4 atom stereocenters. The van der Waals surface area contributed by atoms with Crippen molar-refractivity contribution >= 4 is 5.91 Å². The van der Waals surface area contributed by atoms with Crippen molar-refractivity contribution in [2.45, 2.75) is 51.7 Å². The number of fused-ring (bicyclic) bond motifs is 1. The molecule has 3 N–H and O–H groups in total. The topological polar surface area (TPSA) is 73.8 Å². The Hall–Kier alpha value is -1.63. The normalized spacial score (nSPS) is 27.8. The maximum Gasteiger partial charge on any atom is 0.241 e. The lowest BCUT2D eigenvalue weighted by molar-refractivity contribution is -0.135. The Bertz CT molecular complexity index is 610. The predicted octanol–water partition coefficient (Wildman–Crippen LogP) is 1.69. The Labute approximate surface area is 155 Å². The number of carbonyl (C=O) groups is 1. The average Bonchev–Trinajstić information content (AvgIpc) is 3.04. The summed E-state index contributed by atoms with van der Waals surface area (Å²) in [7, 11) is 0. The number of amides is 1. The van der Waals surface area contributed by atoms with Gasteiger partial charge in [-0.15, -0.1) is 0 Å². The van der Waals surface area contributed by atoms with E-state index in [1.165, 1.54) is 6.42 Å². The van der Waals surface area contributed by atoms with E-state index in [2.05, 4.69) is 17.8 Å². The lowest BCUT2D eigenvalue weighted by Crippen LogP contribution is -2.48. The number of ether oxygens (including phenoxy) is 1. The van der Waals surface area contributed by atoms with Gasteiger partial charge in [0.15, 0.2) is 0 Å². The summed E-state index contributed by atoms with van der Waals surface area (Å²) in [6, 6.07) is 7.97. The predicted molar refractivity (Wildman–Crippen MR) is 100 cm³/mol. The summed E-state index contributed by atoms with van der Waals surface area (Å²) in [5.74, 6) is 1.85. The highest BCUT2D eigenvalue weighted by Crippen LogP contribution is 2.34. The molecule has 6 nitrogen and oxygen atoms in total. The maximum atomic E-state index is 13.2. The minimum Gasteiger partial charge on any atom is -0.494 e. The number of nitrogens with zero attached hydrogens (tertiary/aromatic N) is 1. The Balaban J connectivity index is 1.70. The van der Waals surface area contributed by atoms with E-state index in [0.29, 0.717) is 37.6 Å². The summed E-state index contributed by atoms with van der Waals surface area (Å²) < 4.78 is 5.56. The molecule has 2 fully saturated rings. The second-order valence-electron chi connectivity index (χ2n) is 7.52. The zero-order chi connectivity index (χ0) is 18.5. The van der Waals surface area contributed by atoms with Gasteiger partial charge in [-0.1, -0.05) is 19.1 Å². The fraction of sp³-hybridized carbons (Fsp3) is 0.650. The summed E-state index contributed by atoms with van der Waals surface area (Å²) in [5, 5.41) is 9.47. The zero-order valence-corrected chi connectivity index (χ0v) is 15.8. The highest BCUT2D eigenvalue weighted by atomic mass is 16.5. The Morgan fingerprint density at radius 3 is 2.96 bits per heavy atom. The van der Waals surface area contributed by atoms with E-state index in [1.807, 2.05) is 31.2 Å². The standard InChI is InChI=1S/C20H31N3O3/c1-3-26-16-6-4-5-15(12-16)13-23(9-10-24)20(25)19-17-11-14(2)7-8-18(17)21-22-19/h4-6,12,14,17-19,21-22,24H,3,7-11,13H2,1-2H3. The Kier molecular flexibility index (Phi) is 6.51. The molecule has 0 radical (unpaired) electrons. The zero-order valence-electron chi connectivity index (χ0n) is 15.8. The van der Waals surface area contributed by atoms with Crippen molar-refractivity contribution in [3.63, 3.8) is 0 Å². The second-order valence-corrected chi connectivity index (χ2v) is 7.52. The smallest absolute Gasteiger partial charge is 0.241 e. The average molecular weight is 361 g/mol. The van der Waals surface area contributed by atoms with Crippen molar-refractivity contribution in [3.05, 3.63) is 29.8 Å². The van der Waals surface area contributed by atoms with Crippen LogP contribution < -0.4 is 15.6 Å². The van der Waals surface area contributed by atoms with Crippen LogP contribution in [0.25, 0.3) is 0 Å². The summed E-state index contributed by atoms with van der Waals surface area (Å²) in [6.45, 7) is 5.60. The molecule has 1 amide bonds. The van der Waals surface area contributed by atoms with E-state index in [9.17, 15) is 9.90 Å². The molecule has 0 bridgehead atoms. The van der Waals surface area contributed by atoms with Gasteiger partial charge in [-0.3, -0.25) is 10.2 Å². The third-order valence-corrected chi connectivity index (χ3v) is 5.54. The molecule has 2 aliphatic rings. The van der Waals surface area contributed by atoms with Crippen LogP contribution in [0.3, 0.4) is 0 Å². The SMILES string of the molecule is CCOc1cccc(CN(CCO)C(=O)C2NNC3CCC(C)CC32)c1. The number of rotatable bonds is 7. The largest absolute Gasteiger partial charge is 0.494 e. The summed E-state index contributed by atoms with van der Waals surface area (Å²) in [5.41, 5.74) is 7.56. The molecule has 1 heterocycles. The van der Waals surface area contributed by atoms with Crippen LogP contribution in [-0.4, -0.2) is 47.8 Å². The van der Waals surface area contributed by atoms with E-state index in [1.54, 1.807) is 4.90 Å². The first-order chi connectivity index (χ1) is 12.6. The van der Waals surface area contributed by atoms with Crippen LogP contribution >= 0.6 is 0 Å². The highest BCUT2D eigenvalue weighted by Gasteiger charge is 2.43. The molecule has 26 heavy (non-hydrogen) atoms. The Morgan fingerprint density at radius 2 is 2.19 bits per heavy atom. The number of hydrogen-bond donors (Lipinski definition) is 3. The number of benzene rings is 1. The number of aliphatic hydroxyl groups excluding tert-OH is 1. The number of carbonyl (C=O) groups excluding carboxylic acids is 1. The second kappa shape index (κ2) is 8.84. The van der Waals surface area contributed by atoms with E-state index < -0.39 is 0 Å². The molecule has 0 aromatic heterocycles. The minimum atomic E-state index is -0.218. The molecule has 1 aliphatic carbocycles. The van der Waals surface area contributed by atoms with Gasteiger partial charge in [0.1, 0.15) is 11.8 Å². The van der Waals surface area contributed by atoms with Gasteiger partial charge >= 0.3 is 0 Å². The van der Waals surface area contributed by atoms with Crippen molar-refractivity contribution in [1.82, 2.24) is 15.8 Å². The number of nitrogens with one attached hydrogen (secondary N) is 2. The number of hydrogen-bond acceptors (Lipinski definition) is 5. The quantitative estimate of drug-likeness (QED) is 0.689. The first-order valence-electron chi connectivity index (χ1n) is 9.74. The number of aliphatic hydroxyl groups is 1. The minimum absolute atomic E-state index is 0.0401. The van der Waals surface area contributed by atoms with Gasteiger partial charge in [0, 0.05) is 25.0 Å². The first-order valence-corrected chi connectivity index (χ1v) is 9.74. The van der Waals surface area contributed by atoms with E-state index in [-0.39, 0.29) is 18.6 Å². The first kappa shape index (κ1) is 19.1. The highest BCUT2D eigenvalue weighted by molar-refractivity contribution is 5.82. The molecule has 1 aliphatic heterocycles. The molecular formula is C20H31N3O3. The molecule has 4 unspecified atom stereocenters. The summed E-state index contributed by atoms with van der Waals surface area (Å²) in [6.07, 6.45) is 3.38. The van der Waals surface area contributed by atoms with Crippen molar-refractivity contribution < 1.29 is 14.6 Å². The monoisotopic (exact) mass is 361 g/mol. The molecule has 144 valence electrons. The summed E-state index contributed by atoms with van der Waals surface area (Å²) in [4.78, 5) is 14.9. The van der Waals surface area contributed by atoms with Gasteiger partial charge < -0.3 is 14.7 Å². The lowest BCUT2D eigenvalue weighted by Gasteiger charge is -2.33. The lowest BCUT2D eigenvalue weighted by atomic mass is 9.76. The van der Waals surface area contributed by atoms with E-state index >= 15 is 0 Å². The van der Waals surface area contributed by atoms with Gasteiger partial charge in [0.25, 0.3) is 0 Å². The molecule has 1 aromatic carbocycles. The molecular weight excluding hydrogens is 330 g/mol. The van der Waals surface area contributed by atoms with Gasteiger partial charge in [-0.2, -0.15) is 0 Å². The fourth-order valence-corrected chi connectivity index (χ4v) is 4.23. The fourth-order valence-electron chi connectivity index (χ4n) is 4.23. The van der Waals surface area contributed by atoms with Gasteiger partial charge in [-0.25, -0.2) is 5.43 Å². The molecule has 1 saturated heterocycles. The van der Waals surface area contributed by atoms with Crippen LogP contribution in [0, 0.1) is 11.8 Å². The van der Waals surface area contributed by atoms with E-state index in [0.717, 1.165) is 24.2 Å². The van der Waals surface area contributed by atoms with Crippen LogP contribution in [-0.2, 0) is 11.3 Å². The van der Waals surface area contributed by atoms with Gasteiger partial charge in [0.2, 0.25) is 5.91 Å². The molecule has 6 heteroatoms. The molecule has 0 spiro atoms. The van der Waals surface area contributed by atoms with Gasteiger partial charge in [-0.05, 0) is 49.8 Å². The van der Waals surface area contributed by atoms with Crippen LogP contribution in [0.4, 0.5) is 0 Å².